The zero-order valence-electron chi connectivity index (χ0n) is 11.0. The number of nitrogen functional groups attached to an aromatic ring is 1. The molecule has 0 aliphatic heterocycles. The summed E-state index contributed by atoms with van der Waals surface area (Å²) in [5.41, 5.74) is 7.78. The first-order chi connectivity index (χ1) is 9.83. The van der Waals surface area contributed by atoms with Crippen LogP contribution in [0.3, 0.4) is 0 Å². The Hall–Kier alpha value is -2.69. The largest absolute Gasteiger partial charge is 0.382 e. The number of nitrogens with zero attached hydrogens (tertiary/aromatic N) is 3. The summed E-state index contributed by atoms with van der Waals surface area (Å²) in [6.07, 6.45) is 2.70. The van der Waals surface area contributed by atoms with E-state index in [2.05, 4.69) is 44.8 Å². The maximum atomic E-state index is 5.50. The van der Waals surface area contributed by atoms with Crippen molar-refractivity contribution in [2.45, 2.75) is 6.42 Å². The number of nitrogens with one attached hydrogen (secondary N) is 1. The second-order valence-corrected chi connectivity index (χ2v) is 4.51. The van der Waals surface area contributed by atoms with Crippen molar-refractivity contribution in [2.75, 3.05) is 17.6 Å². The summed E-state index contributed by atoms with van der Waals surface area (Å²) >= 11 is 0. The van der Waals surface area contributed by atoms with E-state index in [0.29, 0.717) is 5.82 Å². The van der Waals surface area contributed by atoms with Crippen LogP contribution in [0.1, 0.15) is 5.56 Å². The van der Waals surface area contributed by atoms with Crippen LogP contribution in [0.5, 0.6) is 0 Å². The van der Waals surface area contributed by atoms with E-state index in [4.69, 9.17) is 5.73 Å². The van der Waals surface area contributed by atoms with Gasteiger partial charge in [-0.3, -0.25) is 4.98 Å². The van der Waals surface area contributed by atoms with Crippen LogP contribution in [0.15, 0.2) is 48.7 Å². The molecule has 0 fully saturated rings. The highest BCUT2D eigenvalue weighted by atomic mass is 15.2. The second kappa shape index (κ2) is 5.52. The lowest BCUT2D eigenvalue weighted by molar-refractivity contribution is 0.974. The van der Waals surface area contributed by atoms with Gasteiger partial charge in [0.1, 0.15) is 11.6 Å². The predicted molar refractivity (Wildman–Crippen MR) is 80.4 cm³/mol. The Balaban J connectivity index is 1.69. The summed E-state index contributed by atoms with van der Waals surface area (Å²) in [4.78, 5) is 4.45. The van der Waals surface area contributed by atoms with Crippen molar-refractivity contribution in [3.05, 3.63) is 54.2 Å². The number of fused-ring (bicyclic) bond motifs is 1. The van der Waals surface area contributed by atoms with Crippen molar-refractivity contribution in [2.24, 2.45) is 0 Å². The van der Waals surface area contributed by atoms with E-state index < -0.39 is 0 Å². The van der Waals surface area contributed by atoms with Gasteiger partial charge >= 0.3 is 0 Å². The SMILES string of the molecule is Nc1ccc(NCCc2cccc3cccnc23)nn1. The maximum Gasteiger partial charge on any atom is 0.148 e. The van der Waals surface area contributed by atoms with Crippen molar-refractivity contribution >= 4 is 22.5 Å². The molecule has 2 aromatic heterocycles. The van der Waals surface area contributed by atoms with E-state index >= 15 is 0 Å². The summed E-state index contributed by atoms with van der Waals surface area (Å²) in [6, 6.07) is 13.8. The Morgan fingerprint density at radius 3 is 2.75 bits per heavy atom. The van der Waals surface area contributed by atoms with Crippen LogP contribution in [0, 0.1) is 0 Å². The number of rotatable bonds is 4. The first-order valence-corrected chi connectivity index (χ1v) is 6.48. The molecule has 3 aromatic rings. The van der Waals surface area contributed by atoms with E-state index in [1.807, 2.05) is 18.3 Å². The van der Waals surface area contributed by atoms with Crippen molar-refractivity contribution in [3.8, 4) is 0 Å². The normalized spacial score (nSPS) is 10.6. The number of para-hydroxylation sites is 1. The van der Waals surface area contributed by atoms with Gasteiger partial charge in [-0.2, -0.15) is 0 Å². The molecule has 0 aliphatic carbocycles. The number of aromatic nitrogens is 3. The molecular weight excluding hydrogens is 250 g/mol. The van der Waals surface area contributed by atoms with Gasteiger partial charge in [0.25, 0.3) is 0 Å². The van der Waals surface area contributed by atoms with Crippen molar-refractivity contribution < 1.29 is 0 Å². The number of pyridine rings is 1. The Kier molecular flexibility index (Phi) is 3.41. The van der Waals surface area contributed by atoms with E-state index in [1.165, 1.54) is 5.56 Å². The minimum Gasteiger partial charge on any atom is -0.382 e. The summed E-state index contributed by atoms with van der Waals surface area (Å²) in [5, 5.41) is 12.2. The van der Waals surface area contributed by atoms with Crippen LogP contribution in [0.25, 0.3) is 10.9 Å². The highest BCUT2D eigenvalue weighted by Crippen LogP contribution is 2.16. The highest BCUT2D eigenvalue weighted by Gasteiger charge is 2.02. The van der Waals surface area contributed by atoms with Gasteiger partial charge in [0.15, 0.2) is 0 Å². The van der Waals surface area contributed by atoms with Gasteiger partial charge in [-0.1, -0.05) is 24.3 Å². The molecule has 0 aliphatic rings. The molecule has 5 nitrogen and oxygen atoms in total. The molecule has 0 radical (unpaired) electrons. The fourth-order valence-electron chi connectivity index (χ4n) is 2.13. The van der Waals surface area contributed by atoms with Gasteiger partial charge in [0, 0.05) is 18.1 Å². The average Bonchev–Trinajstić information content (AvgIpc) is 2.49. The third-order valence-corrected chi connectivity index (χ3v) is 3.10. The van der Waals surface area contributed by atoms with Crippen molar-refractivity contribution in [3.63, 3.8) is 0 Å². The number of benzene rings is 1. The molecule has 2 heterocycles. The molecule has 0 atom stereocenters. The summed E-state index contributed by atoms with van der Waals surface area (Å²) in [6.45, 7) is 0.772. The minimum absolute atomic E-state index is 0.425. The topological polar surface area (TPSA) is 76.7 Å². The van der Waals surface area contributed by atoms with Gasteiger partial charge in [-0.25, -0.2) is 0 Å². The number of hydrogen-bond donors (Lipinski definition) is 2. The molecule has 3 N–H and O–H groups in total. The van der Waals surface area contributed by atoms with E-state index in [1.54, 1.807) is 6.07 Å². The van der Waals surface area contributed by atoms with E-state index in [-0.39, 0.29) is 0 Å². The number of anilines is 2. The third-order valence-electron chi connectivity index (χ3n) is 3.10. The van der Waals surface area contributed by atoms with Crippen LogP contribution >= 0.6 is 0 Å². The highest BCUT2D eigenvalue weighted by molar-refractivity contribution is 5.81. The molecule has 1 aromatic carbocycles. The predicted octanol–water partition coefficient (Wildman–Crippen LogP) is 2.26. The van der Waals surface area contributed by atoms with Crippen LogP contribution in [-0.4, -0.2) is 21.7 Å². The zero-order chi connectivity index (χ0) is 13.8. The number of nitrogens with two attached hydrogens (primary N) is 1. The Morgan fingerprint density at radius 1 is 1.00 bits per heavy atom. The average molecular weight is 265 g/mol. The lowest BCUT2D eigenvalue weighted by atomic mass is 10.1. The third kappa shape index (κ3) is 2.66. The van der Waals surface area contributed by atoms with E-state index in [0.717, 1.165) is 29.7 Å². The Morgan fingerprint density at radius 2 is 1.90 bits per heavy atom. The van der Waals surface area contributed by atoms with Gasteiger partial charge < -0.3 is 11.1 Å². The van der Waals surface area contributed by atoms with Crippen LogP contribution in [-0.2, 0) is 6.42 Å². The minimum atomic E-state index is 0.425. The van der Waals surface area contributed by atoms with Gasteiger partial charge in [-0.05, 0) is 30.2 Å². The zero-order valence-corrected chi connectivity index (χ0v) is 11.0. The molecule has 100 valence electrons. The van der Waals surface area contributed by atoms with Gasteiger partial charge in [0.2, 0.25) is 0 Å². The maximum absolute atomic E-state index is 5.50. The van der Waals surface area contributed by atoms with E-state index in [9.17, 15) is 0 Å². The molecule has 0 saturated heterocycles. The molecule has 0 amide bonds. The quantitative estimate of drug-likeness (QED) is 0.756. The summed E-state index contributed by atoms with van der Waals surface area (Å²) in [5.74, 6) is 1.15. The standard InChI is InChI=1S/C15H15N5/c16-13-6-7-14(20-19-13)17-10-8-12-4-1-3-11-5-2-9-18-15(11)12/h1-7,9H,8,10H2,(H2,16,19)(H,17,20). The van der Waals surface area contributed by atoms with Crippen molar-refractivity contribution in [1.29, 1.82) is 0 Å². The monoisotopic (exact) mass is 265 g/mol. The van der Waals surface area contributed by atoms with Crippen LogP contribution < -0.4 is 11.1 Å². The molecular formula is C15H15N5. The Bertz CT molecular complexity index is 704. The van der Waals surface area contributed by atoms with Crippen molar-refractivity contribution in [1.82, 2.24) is 15.2 Å². The molecule has 20 heavy (non-hydrogen) atoms. The van der Waals surface area contributed by atoms with Gasteiger partial charge in [0.05, 0.1) is 5.52 Å². The summed E-state index contributed by atoms with van der Waals surface area (Å²) in [7, 11) is 0. The van der Waals surface area contributed by atoms with Gasteiger partial charge in [-0.15, -0.1) is 10.2 Å². The molecule has 0 bridgehead atoms. The van der Waals surface area contributed by atoms with Crippen LogP contribution in [0.2, 0.25) is 0 Å². The smallest absolute Gasteiger partial charge is 0.148 e. The molecule has 0 spiro atoms. The lowest BCUT2D eigenvalue weighted by Crippen LogP contribution is -2.07. The fraction of sp³-hybridized carbons (Fsp3) is 0.133. The fourth-order valence-corrected chi connectivity index (χ4v) is 2.13. The summed E-state index contributed by atoms with van der Waals surface area (Å²) < 4.78 is 0. The number of hydrogen-bond acceptors (Lipinski definition) is 5. The second-order valence-electron chi connectivity index (χ2n) is 4.51. The van der Waals surface area contributed by atoms with Crippen LogP contribution in [0.4, 0.5) is 11.6 Å². The molecule has 0 unspecified atom stereocenters. The first kappa shape index (κ1) is 12.3. The molecule has 0 saturated carbocycles. The Labute approximate surface area is 116 Å². The lowest BCUT2D eigenvalue weighted by Gasteiger charge is -2.07. The molecule has 3 rings (SSSR count). The first-order valence-electron chi connectivity index (χ1n) is 6.48. The molecule has 5 heteroatoms.